The van der Waals surface area contributed by atoms with Crippen molar-refractivity contribution in [2.45, 2.75) is 32.2 Å². The number of alkyl halides is 3. The van der Waals surface area contributed by atoms with Crippen LogP contribution in [0, 0.1) is 0 Å². The molecular weight excluding hydrogens is 365 g/mol. The van der Waals surface area contributed by atoms with Crippen molar-refractivity contribution in [2.24, 2.45) is 4.99 Å². The van der Waals surface area contributed by atoms with Gasteiger partial charge >= 0.3 is 6.18 Å². The van der Waals surface area contributed by atoms with Gasteiger partial charge in [0.1, 0.15) is 5.82 Å². The summed E-state index contributed by atoms with van der Waals surface area (Å²) < 4.78 is 40.8. The molecule has 0 saturated heterocycles. The van der Waals surface area contributed by atoms with Crippen LogP contribution in [0.4, 0.5) is 18.9 Å². The number of nitrogens with zero attached hydrogens (tertiary/aromatic N) is 4. The van der Waals surface area contributed by atoms with Crippen LogP contribution in [0.5, 0.6) is 0 Å². The van der Waals surface area contributed by atoms with Crippen LogP contribution in [-0.2, 0) is 6.18 Å². The summed E-state index contributed by atoms with van der Waals surface area (Å²) in [6.07, 6.45) is 0.455. The Balaban J connectivity index is 1.81. The predicted octanol–water partition coefficient (Wildman–Crippen LogP) is 5.74. The van der Waals surface area contributed by atoms with Crippen LogP contribution in [0.25, 0.3) is 11.0 Å². The normalized spacial score (nSPS) is 17.1. The zero-order chi connectivity index (χ0) is 19.9. The Labute approximate surface area is 160 Å². The minimum Gasteiger partial charge on any atom is -0.308 e. The molecule has 2 aromatic carbocycles. The van der Waals surface area contributed by atoms with Crippen molar-refractivity contribution >= 4 is 22.9 Å². The summed E-state index contributed by atoms with van der Waals surface area (Å²) in [6.45, 7) is 4.12. The zero-order valence-electron chi connectivity index (χ0n) is 15.4. The number of imidazole rings is 1. The average molecular weight is 384 g/mol. The molecule has 2 heterocycles. The Kier molecular flexibility index (Phi) is 4.45. The summed E-state index contributed by atoms with van der Waals surface area (Å²) in [5.74, 6) is 1.03. The van der Waals surface area contributed by atoms with Crippen LogP contribution >= 0.6 is 0 Å². The van der Waals surface area contributed by atoms with Crippen LogP contribution in [-0.4, -0.2) is 15.8 Å². The van der Waals surface area contributed by atoms with E-state index in [0.29, 0.717) is 5.69 Å². The van der Waals surface area contributed by atoms with Gasteiger partial charge in [0.05, 0.1) is 16.6 Å². The number of benzene rings is 2. The second-order valence-electron chi connectivity index (χ2n) is 6.92. The Morgan fingerprint density at radius 2 is 1.71 bits per heavy atom. The van der Waals surface area contributed by atoms with E-state index in [9.17, 15) is 13.2 Å². The summed E-state index contributed by atoms with van der Waals surface area (Å²) in [5, 5.41) is 0. The molecule has 1 aliphatic rings. The van der Waals surface area contributed by atoms with Gasteiger partial charge in [0.15, 0.2) is 0 Å². The van der Waals surface area contributed by atoms with Gasteiger partial charge in [0.25, 0.3) is 0 Å². The molecule has 0 fully saturated rings. The molecule has 28 heavy (non-hydrogen) atoms. The van der Waals surface area contributed by atoms with Crippen LogP contribution in [0.1, 0.15) is 37.4 Å². The van der Waals surface area contributed by atoms with Gasteiger partial charge in [-0.15, -0.1) is 0 Å². The second kappa shape index (κ2) is 6.82. The zero-order valence-corrected chi connectivity index (χ0v) is 15.4. The van der Waals surface area contributed by atoms with Crippen molar-refractivity contribution < 1.29 is 13.2 Å². The van der Waals surface area contributed by atoms with Crippen LogP contribution < -0.4 is 4.90 Å². The SMILES string of the molecule is CC(C)c1nc2ccccc2n1C1N=CC=CN1c1ccc(C(F)(F)F)cc1. The van der Waals surface area contributed by atoms with Gasteiger partial charge < -0.3 is 4.90 Å². The minimum absolute atomic E-state index is 0.156. The highest BCUT2D eigenvalue weighted by Gasteiger charge is 2.31. The predicted molar refractivity (Wildman–Crippen MR) is 104 cm³/mol. The number of para-hydroxylation sites is 2. The number of anilines is 1. The average Bonchev–Trinajstić information content (AvgIpc) is 3.07. The molecule has 1 aliphatic heterocycles. The van der Waals surface area contributed by atoms with Crippen molar-refractivity contribution in [3.63, 3.8) is 0 Å². The highest BCUT2D eigenvalue weighted by molar-refractivity contribution is 5.78. The van der Waals surface area contributed by atoms with E-state index in [4.69, 9.17) is 4.98 Å². The van der Waals surface area contributed by atoms with Crippen LogP contribution in [0.3, 0.4) is 0 Å². The summed E-state index contributed by atoms with van der Waals surface area (Å²) in [5.41, 5.74) is 1.75. The van der Waals surface area contributed by atoms with Gasteiger partial charge in [-0.2, -0.15) is 13.2 Å². The standard InChI is InChI=1S/C21H19F3N4/c1-14(2)19-26-17-6-3-4-7-18(17)28(19)20-25-12-5-13-27(20)16-10-8-15(9-11-16)21(22,23)24/h3-14,20H,1-2H3. The number of hydrogen-bond acceptors (Lipinski definition) is 3. The minimum atomic E-state index is -4.36. The van der Waals surface area contributed by atoms with E-state index < -0.39 is 18.0 Å². The lowest BCUT2D eigenvalue weighted by Crippen LogP contribution is -2.30. The van der Waals surface area contributed by atoms with Crippen LogP contribution in [0.15, 0.2) is 65.8 Å². The van der Waals surface area contributed by atoms with Crippen molar-refractivity contribution in [3.8, 4) is 0 Å². The first-order chi connectivity index (χ1) is 13.4. The lowest BCUT2D eigenvalue weighted by Gasteiger charge is -2.32. The first-order valence-electron chi connectivity index (χ1n) is 8.98. The molecule has 0 N–H and O–H groups in total. The van der Waals surface area contributed by atoms with E-state index in [1.807, 2.05) is 39.9 Å². The third-order valence-corrected chi connectivity index (χ3v) is 4.66. The monoisotopic (exact) mass is 384 g/mol. The first kappa shape index (κ1) is 18.3. The van der Waals surface area contributed by atoms with Crippen molar-refractivity contribution in [2.75, 3.05) is 4.90 Å². The van der Waals surface area contributed by atoms with Gasteiger partial charge in [-0.25, -0.2) is 9.98 Å². The third-order valence-electron chi connectivity index (χ3n) is 4.66. The Bertz CT molecular complexity index is 1050. The molecule has 1 aromatic heterocycles. The molecule has 1 unspecified atom stereocenters. The maximum absolute atomic E-state index is 12.9. The molecule has 7 heteroatoms. The van der Waals surface area contributed by atoms with Crippen molar-refractivity contribution in [1.29, 1.82) is 0 Å². The number of aliphatic imine (C=N–C) groups is 1. The summed E-state index contributed by atoms with van der Waals surface area (Å²) in [6, 6.07) is 12.9. The molecule has 0 aliphatic carbocycles. The lowest BCUT2D eigenvalue weighted by molar-refractivity contribution is -0.137. The third kappa shape index (κ3) is 3.17. The summed E-state index contributed by atoms with van der Waals surface area (Å²) in [7, 11) is 0. The maximum atomic E-state index is 12.9. The maximum Gasteiger partial charge on any atom is 0.416 e. The number of halogens is 3. The van der Waals surface area contributed by atoms with E-state index in [1.165, 1.54) is 12.1 Å². The van der Waals surface area contributed by atoms with Gasteiger partial charge in [-0.05, 0) is 42.5 Å². The largest absolute Gasteiger partial charge is 0.416 e. The highest BCUT2D eigenvalue weighted by atomic mass is 19.4. The molecular formula is C21H19F3N4. The Morgan fingerprint density at radius 1 is 1.00 bits per heavy atom. The number of fused-ring (bicyclic) bond motifs is 1. The van der Waals surface area contributed by atoms with Gasteiger partial charge in [-0.1, -0.05) is 26.0 Å². The van der Waals surface area contributed by atoms with Gasteiger partial charge in [-0.3, -0.25) is 4.57 Å². The van der Waals surface area contributed by atoms with Crippen molar-refractivity contribution in [1.82, 2.24) is 9.55 Å². The Morgan fingerprint density at radius 3 is 2.39 bits per heavy atom. The molecule has 0 saturated carbocycles. The fourth-order valence-corrected chi connectivity index (χ4v) is 3.35. The first-order valence-corrected chi connectivity index (χ1v) is 8.98. The van der Waals surface area contributed by atoms with Crippen LogP contribution in [0.2, 0.25) is 0 Å². The number of aromatic nitrogens is 2. The fourth-order valence-electron chi connectivity index (χ4n) is 3.35. The molecule has 144 valence electrons. The molecule has 4 rings (SSSR count). The Hall–Kier alpha value is -3.09. The van der Waals surface area contributed by atoms with Gasteiger partial charge in [0.2, 0.25) is 6.29 Å². The second-order valence-corrected chi connectivity index (χ2v) is 6.92. The molecule has 0 radical (unpaired) electrons. The van der Waals surface area contributed by atoms with E-state index in [-0.39, 0.29) is 5.92 Å². The topological polar surface area (TPSA) is 33.4 Å². The number of rotatable bonds is 3. The van der Waals surface area contributed by atoms with E-state index >= 15 is 0 Å². The summed E-state index contributed by atoms with van der Waals surface area (Å²) >= 11 is 0. The molecule has 0 bridgehead atoms. The van der Waals surface area contributed by atoms with Crippen molar-refractivity contribution in [3.05, 3.63) is 72.2 Å². The molecule has 0 spiro atoms. The highest BCUT2D eigenvalue weighted by Crippen LogP contribution is 2.35. The lowest BCUT2D eigenvalue weighted by atomic mass is 10.2. The van der Waals surface area contributed by atoms with E-state index in [0.717, 1.165) is 29.0 Å². The number of allylic oxidation sites excluding steroid dienone is 1. The fraction of sp³-hybridized carbons (Fsp3) is 0.238. The molecule has 0 amide bonds. The molecule has 1 atom stereocenters. The molecule has 3 aromatic rings. The van der Waals surface area contributed by atoms with E-state index in [1.54, 1.807) is 12.3 Å². The molecule has 4 nitrogen and oxygen atoms in total. The van der Waals surface area contributed by atoms with Gasteiger partial charge in [0, 0.05) is 24.0 Å². The summed E-state index contributed by atoms with van der Waals surface area (Å²) in [4.78, 5) is 11.2. The smallest absolute Gasteiger partial charge is 0.308 e. The quantitative estimate of drug-likeness (QED) is 0.577. The van der Waals surface area contributed by atoms with E-state index in [2.05, 4.69) is 18.8 Å². The number of hydrogen-bond donors (Lipinski definition) is 0.